The molecule has 1 aliphatic heterocycles. The molecule has 1 saturated heterocycles. The maximum absolute atomic E-state index is 5.85. The molecule has 8 heteroatoms. The number of hydrogen-bond donors (Lipinski definition) is 0. The molecule has 0 aliphatic carbocycles. The van der Waals surface area contributed by atoms with Crippen LogP contribution in [-0.2, 0) is 11.8 Å². The summed E-state index contributed by atoms with van der Waals surface area (Å²) < 4.78 is 13.3. The quantitative estimate of drug-likeness (QED) is 0.673. The second-order valence-corrected chi connectivity index (χ2v) is 7.03. The van der Waals surface area contributed by atoms with Gasteiger partial charge < -0.3 is 14.1 Å². The molecule has 7 nitrogen and oxygen atoms in total. The minimum atomic E-state index is 0.0536. The number of ether oxygens (including phenoxy) is 1. The first-order chi connectivity index (χ1) is 11.7. The van der Waals surface area contributed by atoms with Crippen LogP contribution < -0.4 is 4.90 Å². The number of aromatic nitrogens is 4. The molecule has 0 amide bonds. The van der Waals surface area contributed by atoms with Crippen LogP contribution in [0.1, 0.15) is 18.1 Å². The molecule has 1 fully saturated rings. The van der Waals surface area contributed by atoms with Crippen molar-refractivity contribution in [3.63, 3.8) is 0 Å². The maximum atomic E-state index is 5.85. The first-order valence-corrected chi connectivity index (χ1v) is 8.84. The number of nitrogens with zero attached hydrogens (tertiary/aromatic N) is 5. The molecule has 4 rings (SSSR count). The van der Waals surface area contributed by atoms with Gasteiger partial charge >= 0.3 is 0 Å². The molecule has 126 valence electrons. The van der Waals surface area contributed by atoms with Crippen LogP contribution in [-0.4, -0.2) is 46.1 Å². The molecular formula is C16H19N5O2S. The van der Waals surface area contributed by atoms with Gasteiger partial charge in [0.15, 0.2) is 10.7 Å². The Hall–Kier alpha value is -2.06. The van der Waals surface area contributed by atoms with Crippen molar-refractivity contribution in [2.24, 2.45) is 7.05 Å². The Kier molecular flexibility index (Phi) is 4.15. The number of fused-ring (bicyclic) bond motifs is 1. The van der Waals surface area contributed by atoms with E-state index in [-0.39, 0.29) is 5.25 Å². The van der Waals surface area contributed by atoms with E-state index >= 15 is 0 Å². The van der Waals surface area contributed by atoms with Gasteiger partial charge in [-0.05, 0) is 19.1 Å². The van der Waals surface area contributed by atoms with Crippen molar-refractivity contribution in [2.45, 2.75) is 17.3 Å². The van der Waals surface area contributed by atoms with Gasteiger partial charge in [0, 0.05) is 20.1 Å². The number of rotatable bonds is 4. The number of hydrogen-bond acceptors (Lipinski definition) is 7. The third-order valence-electron chi connectivity index (χ3n) is 4.05. The van der Waals surface area contributed by atoms with Gasteiger partial charge in [0.2, 0.25) is 11.8 Å². The van der Waals surface area contributed by atoms with E-state index in [4.69, 9.17) is 9.15 Å². The molecule has 1 atom stereocenters. The monoisotopic (exact) mass is 345 g/mol. The Morgan fingerprint density at radius 3 is 2.75 bits per heavy atom. The normalized spacial score (nSPS) is 16.7. The molecule has 0 bridgehead atoms. The van der Waals surface area contributed by atoms with Crippen LogP contribution in [0.3, 0.4) is 0 Å². The summed E-state index contributed by atoms with van der Waals surface area (Å²) in [5.41, 5.74) is 1.69. The highest BCUT2D eigenvalue weighted by molar-refractivity contribution is 7.99. The Morgan fingerprint density at radius 2 is 1.96 bits per heavy atom. The van der Waals surface area contributed by atoms with E-state index in [1.54, 1.807) is 11.8 Å². The summed E-state index contributed by atoms with van der Waals surface area (Å²) >= 11 is 1.60. The first-order valence-electron chi connectivity index (χ1n) is 7.96. The number of morpholine rings is 1. The highest BCUT2D eigenvalue weighted by Crippen LogP contribution is 2.35. The molecule has 0 radical (unpaired) electrons. The molecule has 0 spiro atoms. The van der Waals surface area contributed by atoms with Crippen molar-refractivity contribution in [1.82, 2.24) is 19.7 Å². The molecule has 3 aromatic rings. The Balaban J connectivity index is 1.53. The lowest BCUT2D eigenvalue weighted by Crippen LogP contribution is -2.37. The fourth-order valence-electron chi connectivity index (χ4n) is 2.72. The van der Waals surface area contributed by atoms with Crippen LogP contribution in [0.15, 0.2) is 33.8 Å². The standard InChI is InChI=1S/C16H19N5O2S/c1-11(14-17-12-5-3-4-6-13(12)23-14)24-16-19-18-15(20(16)2)21-7-9-22-10-8-21/h3-6,11H,7-10H2,1-2H3. The van der Waals surface area contributed by atoms with Gasteiger partial charge in [0.25, 0.3) is 0 Å². The zero-order chi connectivity index (χ0) is 16.5. The number of oxazole rings is 1. The van der Waals surface area contributed by atoms with E-state index in [9.17, 15) is 0 Å². The Bertz CT molecular complexity index is 807. The topological polar surface area (TPSA) is 69.2 Å². The van der Waals surface area contributed by atoms with Crippen LogP contribution in [0.4, 0.5) is 5.95 Å². The van der Waals surface area contributed by atoms with Gasteiger partial charge in [-0.15, -0.1) is 10.2 Å². The maximum Gasteiger partial charge on any atom is 0.227 e. The van der Waals surface area contributed by atoms with Crippen LogP contribution in [0.2, 0.25) is 0 Å². The molecule has 3 heterocycles. The van der Waals surface area contributed by atoms with Crippen LogP contribution in [0.25, 0.3) is 11.1 Å². The van der Waals surface area contributed by atoms with Crippen molar-refractivity contribution < 1.29 is 9.15 Å². The van der Waals surface area contributed by atoms with E-state index in [1.807, 2.05) is 35.9 Å². The van der Waals surface area contributed by atoms with E-state index in [2.05, 4.69) is 27.0 Å². The summed E-state index contributed by atoms with van der Waals surface area (Å²) in [5.74, 6) is 1.59. The van der Waals surface area contributed by atoms with Gasteiger partial charge in [-0.25, -0.2) is 4.98 Å². The van der Waals surface area contributed by atoms with Crippen LogP contribution in [0.5, 0.6) is 0 Å². The van der Waals surface area contributed by atoms with Gasteiger partial charge in [-0.3, -0.25) is 4.57 Å². The van der Waals surface area contributed by atoms with Crippen molar-refractivity contribution in [3.05, 3.63) is 30.2 Å². The van der Waals surface area contributed by atoms with Crippen molar-refractivity contribution >= 4 is 28.8 Å². The van der Waals surface area contributed by atoms with Gasteiger partial charge in [0.1, 0.15) is 5.52 Å². The molecule has 1 unspecified atom stereocenters. The summed E-state index contributed by atoms with van der Waals surface area (Å²) in [6.07, 6.45) is 0. The van der Waals surface area contributed by atoms with Crippen molar-refractivity contribution in [1.29, 1.82) is 0 Å². The second kappa shape index (κ2) is 6.45. The minimum Gasteiger partial charge on any atom is -0.439 e. The SMILES string of the molecule is CC(Sc1nnc(N2CCOCC2)n1C)c1nc2ccccc2o1. The Labute approximate surface area is 144 Å². The van der Waals surface area contributed by atoms with E-state index in [0.29, 0.717) is 5.89 Å². The molecule has 0 N–H and O–H groups in total. The summed E-state index contributed by atoms with van der Waals surface area (Å²) in [4.78, 5) is 6.76. The zero-order valence-electron chi connectivity index (χ0n) is 13.7. The van der Waals surface area contributed by atoms with E-state index in [1.165, 1.54) is 0 Å². The number of benzene rings is 1. The fraction of sp³-hybridized carbons (Fsp3) is 0.438. The molecular weight excluding hydrogens is 326 g/mol. The molecule has 1 aliphatic rings. The smallest absolute Gasteiger partial charge is 0.227 e. The van der Waals surface area contributed by atoms with E-state index in [0.717, 1.165) is 48.5 Å². The largest absolute Gasteiger partial charge is 0.439 e. The fourth-order valence-corrected chi connectivity index (χ4v) is 3.57. The summed E-state index contributed by atoms with van der Waals surface area (Å²) in [6, 6.07) is 7.80. The van der Waals surface area contributed by atoms with Gasteiger partial charge in [-0.1, -0.05) is 23.9 Å². The second-order valence-electron chi connectivity index (χ2n) is 5.72. The highest BCUT2D eigenvalue weighted by Gasteiger charge is 2.22. The minimum absolute atomic E-state index is 0.0536. The lowest BCUT2D eigenvalue weighted by Gasteiger charge is -2.27. The number of anilines is 1. The third kappa shape index (κ3) is 2.87. The van der Waals surface area contributed by atoms with Crippen molar-refractivity contribution in [3.8, 4) is 0 Å². The third-order valence-corrected chi connectivity index (χ3v) is 5.17. The molecule has 24 heavy (non-hydrogen) atoms. The average molecular weight is 345 g/mol. The molecule has 1 aromatic carbocycles. The van der Waals surface area contributed by atoms with Crippen LogP contribution in [0, 0.1) is 0 Å². The highest BCUT2D eigenvalue weighted by atomic mass is 32.2. The molecule has 0 saturated carbocycles. The predicted molar refractivity (Wildman–Crippen MR) is 92.3 cm³/mol. The van der Waals surface area contributed by atoms with E-state index < -0.39 is 0 Å². The summed E-state index contributed by atoms with van der Waals surface area (Å²) in [6.45, 7) is 5.22. The Morgan fingerprint density at radius 1 is 1.17 bits per heavy atom. The number of thioether (sulfide) groups is 1. The average Bonchev–Trinajstić information content (AvgIpc) is 3.20. The molecule has 2 aromatic heterocycles. The van der Waals surface area contributed by atoms with Crippen molar-refractivity contribution in [2.75, 3.05) is 31.2 Å². The van der Waals surface area contributed by atoms with Crippen LogP contribution >= 0.6 is 11.8 Å². The lowest BCUT2D eigenvalue weighted by atomic mass is 10.3. The summed E-state index contributed by atoms with van der Waals surface area (Å²) in [5, 5.41) is 9.58. The summed E-state index contributed by atoms with van der Waals surface area (Å²) in [7, 11) is 1.99. The van der Waals surface area contributed by atoms with Gasteiger partial charge in [0.05, 0.1) is 18.5 Å². The zero-order valence-corrected chi connectivity index (χ0v) is 14.5. The van der Waals surface area contributed by atoms with Gasteiger partial charge in [-0.2, -0.15) is 0 Å². The lowest BCUT2D eigenvalue weighted by molar-refractivity contribution is 0.121. The predicted octanol–water partition coefficient (Wildman–Crippen LogP) is 2.65. The first kappa shape index (κ1) is 15.5. The number of para-hydroxylation sites is 2.